The molecule has 0 atom stereocenters. The molecule has 13 heavy (non-hydrogen) atoms. The number of benzene rings is 1. The van der Waals surface area contributed by atoms with E-state index in [1.807, 2.05) is 36.4 Å². The Morgan fingerprint density at radius 2 is 1.85 bits per heavy atom. The van der Waals surface area contributed by atoms with E-state index in [9.17, 15) is 0 Å². The Morgan fingerprint density at radius 1 is 1.23 bits per heavy atom. The molecule has 1 N–H and O–H groups in total. The summed E-state index contributed by atoms with van der Waals surface area (Å²) < 4.78 is 0. The summed E-state index contributed by atoms with van der Waals surface area (Å²) in [6, 6.07) is 10.0. The summed E-state index contributed by atoms with van der Waals surface area (Å²) in [7, 11) is 0. The van der Waals surface area contributed by atoms with Crippen LogP contribution in [0.25, 0.3) is 0 Å². The Balaban J connectivity index is 2.61. The van der Waals surface area contributed by atoms with Gasteiger partial charge in [0.2, 0.25) is 0 Å². The van der Waals surface area contributed by atoms with E-state index in [4.69, 9.17) is 0 Å². The van der Waals surface area contributed by atoms with E-state index < -0.39 is 0 Å². The van der Waals surface area contributed by atoms with Gasteiger partial charge in [-0.05, 0) is 32.1 Å². The third-order valence-electron chi connectivity index (χ3n) is 1.54. The Hall–Kier alpha value is -1.50. The third-order valence-corrected chi connectivity index (χ3v) is 1.54. The summed E-state index contributed by atoms with van der Waals surface area (Å²) in [6.07, 6.45) is 2.02. The van der Waals surface area contributed by atoms with Crippen molar-refractivity contribution in [2.24, 2.45) is 0 Å². The molecule has 0 radical (unpaired) electrons. The summed E-state index contributed by atoms with van der Waals surface area (Å²) in [4.78, 5) is 0. The van der Waals surface area contributed by atoms with Crippen molar-refractivity contribution < 1.29 is 0 Å². The van der Waals surface area contributed by atoms with Gasteiger partial charge in [0, 0.05) is 11.4 Å². The van der Waals surface area contributed by atoms with E-state index in [0.717, 1.165) is 11.4 Å². The maximum atomic E-state index is 3.90. The van der Waals surface area contributed by atoms with Crippen LogP contribution in [0.1, 0.15) is 13.8 Å². The highest BCUT2D eigenvalue weighted by atomic mass is 14.9. The molecule has 0 amide bonds. The molecule has 0 saturated heterocycles. The molecule has 0 aliphatic carbocycles. The minimum absolute atomic E-state index is 0.922. The van der Waals surface area contributed by atoms with Crippen LogP contribution in [0.4, 0.5) is 5.69 Å². The molecule has 68 valence electrons. The smallest absolute Gasteiger partial charge is 0.0384 e. The minimum atomic E-state index is 0.922. The predicted octanol–water partition coefficient (Wildman–Crippen LogP) is 3.58. The lowest BCUT2D eigenvalue weighted by Gasteiger charge is -2.05. The van der Waals surface area contributed by atoms with Crippen molar-refractivity contribution in [3.8, 4) is 0 Å². The van der Waals surface area contributed by atoms with Gasteiger partial charge in [-0.2, -0.15) is 0 Å². The SMILES string of the molecule is C=C(C=C(C)C)Nc1ccccc1. The number of anilines is 1. The van der Waals surface area contributed by atoms with E-state index in [1.165, 1.54) is 5.57 Å². The summed E-state index contributed by atoms with van der Waals surface area (Å²) >= 11 is 0. The molecule has 1 rings (SSSR count). The van der Waals surface area contributed by atoms with Crippen LogP contribution in [-0.4, -0.2) is 0 Å². The third kappa shape index (κ3) is 3.61. The number of nitrogens with one attached hydrogen (secondary N) is 1. The normalized spacial score (nSPS) is 9.08. The highest BCUT2D eigenvalue weighted by molar-refractivity contribution is 5.49. The van der Waals surface area contributed by atoms with Crippen LogP contribution in [-0.2, 0) is 0 Å². The van der Waals surface area contributed by atoms with E-state index in [2.05, 4.69) is 25.7 Å². The number of hydrogen-bond donors (Lipinski definition) is 1. The number of allylic oxidation sites excluding steroid dienone is 2. The lowest BCUT2D eigenvalue weighted by molar-refractivity contribution is 1.35. The van der Waals surface area contributed by atoms with Gasteiger partial charge in [0.05, 0.1) is 0 Å². The maximum absolute atomic E-state index is 3.90. The highest BCUT2D eigenvalue weighted by Gasteiger charge is 1.90. The molecule has 1 heteroatoms. The molecule has 0 aliphatic heterocycles. The van der Waals surface area contributed by atoms with Gasteiger partial charge in [-0.15, -0.1) is 0 Å². The van der Waals surface area contributed by atoms with Crippen LogP contribution < -0.4 is 5.32 Å². The molecule has 0 aromatic heterocycles. The van der Waals surface area contributed by atoms with Crippen molar-refractivity contribution in [2.45, 2.75) is 13.8 Å². The van der Waals surface area contributed by atoms with Gasteiger partial charge in [0.1, 0.15) is 0 Å². The molecule has 0 saturated carbocycles. The van der Waals surface area contributed by atoms with E-state index in [-0.39, 0.29) is 0 Å². The molecule has 0 unspecified atom stereocenters. The first kappa shape index (κ1) is 9.59. The van der Waals surface area contributed by atoms with E-state index in [1.54, 1.807) is 0 Å². The van der Waals surface area contributed by atoms with Crippen molar-refractivity contribution in [1.82, 2.24) is 0 Å². The Kier molecular flexibility index (Phi) is 3.32. The molecule has 1 aromatic carbocycles. The first-order valence-corrected chi connectivity index (χ1v) is 4.34. The maximum Gasteiger partial charge on any atom is 0.0384 e. The van der Waals surface area contributed by atoms with Gasteiger partial charge in [-0.25, -0.2) is 0 Å². The average molecular weight is 173 g/mol. The topological polar surface area (TPSA) is 12.0 Å². The van der Waals surface area contributed by atoms with Gasteiger partial charge in [0.25, 0.3) is 0 Å². The average Bonchev–Trinajstić information content (AvgIpc) is 2.04. The van der Waals surface area contributed by atoms with Crippen molar-refractivity contribution in [1.29, 1.82) is 0 Å². The second-order valence-electron chi connectivity index (χ2n) is 3.24. The fraction of sp³-hybridized carbons (Fsp3) is 0.167. The van der Waals surface area contributed by atoms with Crippen LogP contribution >= 0.6 is 0 Å². The molecule has 0 fully saturated rings. The lowest BCUT2D eigenvalue weighted by atomic mass is 10.2. The summed E-state index contributed by atoms with van der Waals surface area (Å²) in [5.74, 6) is 0. The molecule has 0 heterocycles. The molecule has 0 bridgehead atoms. The lowest BCUT2D eigenvalue weighted by Crippen LogP contribution is -1.94. The first-order chi connectivity index (χ1) is 6.18. The quantitative estimate of drug-likeness (QED) is 0.689. The summed E-state index contributed by atoms with van der Waals surface area (Å²) in [5.41, 5.74) is 3.24. The van der Waals surface area contributed by atoms with Gasteiger partial charge in [0.15, 0.2) is 0 Å². The van der Waals surface area contributed by atoms with Crippen LogP contribution in [0.15, 0.2) is 54.3 Å². The number of para-hydroxylation sites is 1. The second-order valence-corrected chi connectivity index (χ2v) is 3.24. The fourth-order valence-electron chi connectivity index (χ4n) is 1.09. The van der Waals surface area contributed by atoms with Crippen LogP contribution in [0.2, 0.25) is 0 Å². The highest BCUT2D eigenvalue weighted by Crippen LogP contribution is 2.09. The van der Waals surface area contributed by atoms with E-state index in [0.29, 0.717) is 0 Å². The molecular weight excluding hydrogens is 158 g/mol. The van der Waals surface area contributed by atoms with Crippen molar-refractivity contribution in [2.75, 3.05) is 5.32 Å². The molecule has 0 spiro atoms. The number of rotatable bonds is 3. The van der Waals surface area contributed by atoms with Gasteiger partial charge in [-0.1, -0.05) is 30.4 Å². The van der Waals surface area contributed by atoms with Crippen molar-refractivity contribution >= 4 is 5.69 Å². The first-order valence-electron chi connectivity index (χ1n) is 4.34. The van der Waals surface area contributed by atoms with Gasteiger partial charge < -0.3 is 5.32 Å². The van der Waals surface area contributed by atoms with Crippen LogP contribution in [0.5, 0.6) is 0 Å². The zero-order chi connectivity index (χ0) is 9.68. The van der Waals surface area contributed by atoms with Gasteiger partial charge >= 0.3 is 0 Å². The van der Waals surface area contributed by atoms with Gasteiger partial charge in [-0.3, -0.25) is 0 Å². The zero-order valence-electron chi connectivity index (χ0n) is 8.17. The zero-order valence-corrected chi connectivity index (χ0v) is 8.17. The fourth-order valence-corrected chi connectivity index (χ4v) is 1.09. The molecular formula is C12H15N. The number of hydrogen-bond acceptors (Lipinski definition) is 1. The monoisotopic (exact) mass is 173 g/mol. The standard InChI is InChI=1S/C12H15N/c1-10(2)9-11(3)13-12-7-5-4-6-8-12/h4-9,13H,3H2,1-2H3. The molecule has 1 aromatic rings. The Bertz CT molecular complexity index is 305. The van der Waals surface area contributed by atoms with Crippen LogP contribution in [0, 0.1) is 0 Å². The predicted molar refractivity (Wildman–Crippen MR) is 58.6 cm³/mol. The van der Waals surface area contributed by atoms with E-state index >= 15 is 0 Å². The largest absolute Gasteiger partial charge is 0.356 e. The van der Waals surface area contributed by atoms with Crippen LogP contribution in [0.3, 0.4) is 0 Å². The van der Waals surface area contributed by atoms with Crippen molar-refractivity contribution in [3.63, 3.8) is 0 Å². The Labute approximate surface area is 79.8 Å². The molecule has 0 aliphatic rings. The summed E-state index contributed by atoms with van der Waals surface area (Å²) in [6.45, 7) is 8.01. The van der Waals surface area contributed by atoms with Crippen molar-refractivity contribution in [3.05, 3.63) is 54.3 Å². The second kappa shape index (κ2) is 4.51. The Morgan fingerprint density at radius 3 is 2.38 bits per heavy atom. The molecule has 1 nitrogen and oxygen atoms in total. The summed E-state index contributed by atoms with van der Waals surface area (Å²) in [5, 5.41) is 3.20. The minimum Gasteiger partial charge on any atom is -0.356 e.